The highest BCUT2D eigenvalue weighted by atomic mass is 15.3. The van der Waals surface area contributed by atoms with Gasteiger partial charge in [-0.2, -0.15) is 10.4 Å². The van der Waals surface area contributed by atoms with E-state index in [4.69, 9.17) is 5.26 Å². The summed E-state index contributed by atoms with van der Waals surface area (Å²) in [6.07, 6.45) is 3.45. The first-order chi connectivity index (χ1) is 7.72. The molecule has 0 fully saturated rings. The predicted octanol–water partition coefficient (Wildman–Crippen LogP) is 0.935. The molecule has 2 heterocycles. The second-order valence-corrected chi connectivity index (χ2v) is 3.43. The largest absolute Gasteiger partial charge is 0.362 e. The number of aryl methyl sites for hydroxylation is 2. The smallest absolute Gasteiger partial charge is 0.142 e. The maximum absolute atomic E-state index is 9.00. The Kier molecular flexibility index (Phi) is 2.60. The third-order valence-corrected chi connectivity index (χ3v) is 2.31. The lowest BCUT2D eigenvalue weighted by atomic mass is 10.2. The topological polar surface area (TPSA) is 82.3 Å². The molecule has 0 atom stereocenters. The number of imidazole rings is 1. The zero-order chi connectivity index (χ0) is 11.5. The van der Waals surface area contributed by atoms with Crippen molar-refractivity contribution in [2.45, 2.75) is 13.5 Å². The van der Waals surface area contributed by atoms with Crippen molar-refractivity contribution in [3.05, 3.63) is 29.5 Å². The summed E-state index contributed by atoms with van der Waals surface area (Å²) in [7, 11) is 1.80. The van der Waals surface area contributed by atoms with Crippen LogP contribution in [-0.4, -0.2) is 19.7 Å². The molecule has 2 aromatic rings. The number of nitrogens with one attached hydrogen (secondary N) is 2. The molecule has 0 radical (unpaired) electrons. The Hall–Kier alpha value is -2.29. The van der Waals surface area contributed by atoms with Crippen LogP contribution in [0, 0.1) is 18.3 Å². The molecule has 0 amide bonds. The number of aromatic nitrogens is 4. The van der Waals surface area contributed by atoms with E-state index >= 15 is 0 Å². The lowest BCUT2D eigenvalue weighted by molar-refractivity contribution is 0.756. The molecule has 0 aliphatic heterocycles. The van der Waals surface area contributed by atoms with Crippen molar-refractivity contribution in [1.29, 1.82) is 5.26 Å². The van der Waals surface area contributed by atoms with Crippen LogP contribution in [0.4, 0.5) is 5.82 Å². The van der Waals surface area contributed by atoms with E-state index in [-0.39, 0.29) is 0 Å². The molecule has 0 saturated carbocycles. The SMILES string of the molecule is Cc1nn(C)c(NCc2ncc[nH]2)c1C#N. The fourth-order valence-corrected chi connectivity index (χ4v) is 1.56. The van der Waals surface area contributed by atoms with Crippen LogP contribution in [0.15, 0.2) is 12.4 Å². The number of anilines is 1. The Bertz CT molecular complexity index is 516. The molecule has 2 rings (SSSR count). The van der Waals surface area contributed by atoms with Gasteiger partial charge in [0.1, 0.15) is 23.3 Å². The van der Waals surface area contributed by atoms with Gasteiger partial charge in [-0.05, 0) is 6.92 Å². The van der Waals surface area contributed by atoms with Crippen LogP contribution in [0.25, 0.3) is 0 Å². The number of H-pyrrole nitrogens is 1. The van der Waals surface area contributed by atoms with Gasteiger partial charge < -0.3 is 10.3 Å². The molecule has 0 aromatic carbocycles. The highest BCUT2D eigenvalue weighted by Gasteiger charge is 2.12. The minimum absolute atomic E-state index is 0.542. The molecule has 0 spiro atoms. The van der Waals surface area contributed by atoms with Gasteiger partial charge in [-0.1, -0.05) is 0 Å². The van der Waals surface area contributed by atoms with Gasteiger partial charge >= 0.3 is 0 Å². The molecule has 6 heteroatoms. The number of aromatic amines is 1. The molecular weight excluding hydrogens is 204 g/mol. The van der Waals surface area contributed by atoms with Crippen LogP contribution in [0.3, 0.4) is 0 Å². The minimum Gasteiger partial charge on any atom is -0.362 e. The van der Waals surface area contributed by atoms with E-state index in [0.717, 1.165) is 17.3 Å². The van der Waals surface area contributed by atoms with Crippen molar-refractivity contribution in [1.82, 2.24) is 19.7 Å². The van der Waals surface area contributed by atoms with Crippen LogP contribution in [-0.2, 0) is 13.6 Å². The first-order valence-electron chi connectivity index (χ1n) is 4.88. The van der Waals surface area contributed by atoms with E-state index in [9.17, 15) is 0 Å². The van der Waals surface area contributed by atoms with Crippen LogP contribution in [0.2, 0.25) is 0 Å². The molecule has 0 unspecified atom stereocenters. The van der Waals surface area contributed by atoms with Crippen molar-refractivity contribution < 1.29 is 0 Å². The van der Waals surface area contributed by atoms with E-state index in [0.29, 0.717) is 12.1 Å². The Labute approximate surface area is 92.9 Å². The number of nitrogens with zero attached hydrogens (tertiary/aromatic N) is 4. The fraction of sp³-hybridized carbons (Fsp3) is 0.300. The van der Waals surface area contributed by atoms with E-state index in [1.165, 1.54) is 0 Å². The molecule has 0 saturated heterocycles. The maximum atomic E-state index is 9.00. The van der Waals surface area contributed by atoms with Crippen molar-refractivity contribution in [2.24, 2.45) is 7.05 Å². The molecule has 0 bridgehead atoms. The highest BCUT2D eigenvalue weighted by molar-refractivity contribution is 5.54. The first kappa shape index (κ1) is 10.2. The maximum Gasteiger partial charge on any atom is 0.142 e. The number of nitriles is 1. The van der Waals surface area contributed by atoms with E-state index in [2.05, 4.69) is 26.5 Å². The lowest BCUT2D eigenvalue weighted by Gasteiger charge is -2.04. The molecule has 0 aliphatic rings. The Morgan fingerprint density at radius 2 is 2.44 bits per heavy atom. The summed E-state index contributed by atoms with van der Waals surface area (Å²) in [5.41, 5.74) is 1.31. The van der Waals surface area contributed by atoms with Gasteiger partial charge in [0.15, 0.2) is 0 Å². The quantitative estimate of drug-likeness (QED) is 0.799. The van der Waals surface area contributed by atoms with Crippen molar-refractivity contribution in [3.63, 3.8) is 0 Å². The lowest BCUT2D eigenvalue weighted by Crippen LogP contribution is -2.06. The third kappa shape index (κ3) is 1.75. The van der Waals surface area contributed by atoms with Crippen LogP contribution < -0.4 is 5.32 Å². The Morgan fingerprint density at radius 1 is 1.62 bits per heavy atom. The summed E-state index contributed by atoms with van der Waals surface area (Å²) in [6, 6.07) is 2.14. The summed E-state index contributed by atoms with van der Waals surface area (Å²) in [4.78, 5) is 7.08. The van der Waals surface area contributed by atoms with Crippen LogP contribution in [0.1, 0.15) is 17.1 Å². The van der Waals surface area contributed by atoms with Gasteiger partial charge in [0.25, 0.3) is 0 Å². The molecule has 16 heavy (non-hydrogen) atoms. The molecule has 2 N–H and O–H groups in total. The minimum atomic E-state index is 0.542. The fourth-order valence-electron chi connectivity index (χ4n) is 1.56. The molecule has 2 aromatic heterocycles. The van der Waals surface area contributed by atoms with Crippen molar-refractivity contribution in [2.75, 3.05) is 5.32 Å². The summed E-state index contributed by atoms with van der Waals surface area (Å²) < 4.78 is 1.66. The predicted molar refractivity (Wildman–Crippen MR) is 58.6 cm³/mol. The van der Waals surface area contributed by atoms with Gasteiger partial charge in [0.2, 0.25) is 0 Å². The van der Waals surface area contributed by atoms with E-state index in [1.54, 1.807) is 24.1 Å². The Balaban J connectivity index is 2.19. The normalized spacial score (nSPS) is 10.1. The van der Waals surface area contributed by atoms with Gasteiger partial charge in [0, 0.05) is 19.4 Å². The zero-order valence-corrected chi connectivity index (χ0v) is 9.15. The standard InChI is InChI=1S/C10H12N6/c1-7-8(5-11)10(16(2)15-7)14-6-9-12-3-4-13-9/h3-4,14H,6H2,1-2H3,(H,12,13). The van der Waals surface area contributed by atoms with Crippen molar-refractivity contribution in [3.8, 4) is 6.07 Å². The van der Waals surface area contributed by atoms with E-state index < -0.39 is 0 Å². The van der Waals surface area contributed by atoms with Crippen LogP contribution in [0.5, 0.6) is 0 Å². The molecule has 82 valence electrons. The number of hydrogen-bond donors (Lipinski definition) is 2. The monoisotopic (exact) mass is 216 g/mol. The summed E-state index contributed by atoms with van der Waals surface area (Å²) in [5.74, 6) is 1.54. The van der Waals surface area contributed by atoms with Gasteiger partial charge in [0.05, 0.1) is 12.2 Å². The second kappa shape index (κ2) is 4.06. The third-order valence-electron chi connectivity index (χ3n) is 2.31. The summed E-state index contributed by atoms with van der Waals surface area (Å²) in [5, 5.41) is 16.3. The van der Waals surface area contributed by atoms with E-state index in [1.807, 2.05) is 6.92 Å². The molecule has 0 aliphatic carbocycles. The number of hydrogen-bond acceptors (Lipinski definition) is 4. The van der Waals surface area contributed by atoms with Crippen molar-refractivity contribution >= 4 is 5.82 Å². The summed E-state index contributed by atoms with van der Waals surface area (Å²) >= 11 is 0. The molecular formula is C10H12N6. The first-order valence-corrected chi connectivity index (χ1v) is 4.88. The zero-order valence-electron chi connectivity index (χ0n) is 9.15. The van der Waals surface area contributed by atoms with Gasteiger partial charge in [-0.3, -0.25) is 4.68 Å². The van der Waals surface area contributed by atoms with Gasteiger partial charge in [-0.15, -0.1) is 0 Å². The summed E-state index contributed by atoms with van der Waals surface area (Å²) in [6.45, 7) is 2.36. The average Bonchev–Trinajstić information content (AvgIpc) is 2.83. The average molecular weight is 216 g/mol. The second-order valence-electron chi connectivity index (χ2n) is 3.43. The molecule has 6 nitrogen and oxygen atoms in total. The Morgan fingerprint density at radius 3 is 3.06 bits per heavy atom. The number of rotatable bonds is 3. The van der Waals surface area contributed by atoms with Crippen LogP contribution >= 0.6 is 0 Å². The van der Waals surface area contributed by atoms with Gasteiger partial charge in [-0.25, -0.2) is 4.98 Å². The highest BCUT2D eigenvalue weighted by Crippen LogP contribution is 2.17.